The summed E-state index contributed by atoms with van der Waals surface area (Å²) >= 11 is 5.92. The lowest BCUT2D eigenvalue weighted by Gasteiger charge is -2.32. The predicted molar refractivity (Wildman–Crippen MR) is 110 cm³/mol. The van der Waals surface area contributed by atoms with Crippen LogP contribution in [0.15, 0.2) is 41.4 Å². The summed E-state index contributed by atoms with van der Waals surface area (Å²) in [7, 11) is -3.71. The van der Waals surface area contributed by atoms with Gasteiger partial charge in [0.05, 0.1) is 15.5 Å². The quantitative estimate of drug-likeness (QED) is 0.681. The molecule has 12 heteroatoms. The third kappa shape index (κ3) is 5.66. The number of hydrogen-bond acceptors (Lipinski definition) is 5. The molecule has 0 radical (unpaired) electrons. The Morgan fingerprint density at radius 3 is 2.32 bits per heavy atom. The first kappa shape index (κ1) is 23.3. The molecule has 1 saturated heterocycles. The second-order valence-electron chi connectivity index (χ2n) is 7.08. The van der Waals surface area contributed by atoms with Gasteiger partial charge in [-0.05, 0) is 43.2 Å². The highest BCUT2D eigenvalue weighted by Crippen LogP contribution is 2.33. The second kappa shape index (κ2) is 9.01. The summed E-state index contributed by atoms with van der Waals surface area (Å²) in [6, 6.07) is 6.51. The zero-order valence-electron chi connectivity index (χ0n) is 16.4. The molecule has 1 fully saturated rings. The number of piperidine rings is 1. The number of carbonyl (C=O) groups excluding carboxylic acids is 1. The van der Waals surface area contributed by atoms with E-state index in [1.54, 1.807) is 0 Å². The van der Waals surface area contributed by atoms with Crippen LogP contribution in [0.1, 0.15) is 25.3 Å². The van der Waals surface area contributed by atoms with Crippen LogP contribution >= 0.6 is 11.6 Å². The van der Waals surface area contributed by atoms with Crippen LogP contribution < -0.4 is 10.6 Å². The summed E-state index contributed by atoms with van der Waals surface area (Å²) in [5, 5.41) is 5.42. The molecule has 2 aromatic rings. The summed E-state index contributed by atoms with van der Waals surface area (Å²) in [6.07, 6.45) is -2.96. The maximum absolute atomic E-state index is 12.8. The van der Waals surface area contributed by atoms with Gasteiger partial charge in [-0.3, -0.25) is 4.79 Å². The third-order valence-corrected chi connectivity index (χ3v) is 6.98. The molecule has 168 valence electrons. The van der Waals surface area contributed by atoms with Crippen LogP contribution in [0.3, 0.4) is 0 Å². The molecule has 0 bridgehead atoms. The second-order valence-corrected chi connectivity index (χ2v) is 9.43. The first-order valence-electron chi connectivity index (χ1n) is 9.34. The van der Waals surface area contributed by atoms with E-state index in [1.807, 2.05) is 0 Å². The molecule has 1 aliphatic heterocycles. The number of carbonyl (C=O) groups is 1. The smallest absolute Gasteiger partial charge is 0.366 e. The minimum atomic E-state index is -4.53. The number of nitrogens with zero attached hydrogens (tertiary/aromatic N) is 2. The molecular formula is C19H20ClF3N4O3S. The molecule has 31 heavy (non-hydrogen) atoms. The number of nitrogens with one attached hydrogen (secondary N) is 2. The molecule has 2 N–H and O–H groups in total. The van der Waals surface area contributed by atoms with E-state index >= 15 is 0 Å². The lowest BCUT2D eigenvalue weighted by atomic mass is 10.1. The van der Waals surface area contributed by atoms with Crippen molar-refractivity contribution in [3.8, 4) is 0 Å². The van der Waals surface area contributed by atoms with Crippen molar-refractivity contribution in [3.63, 3.8) is 0 Å². The standard InChI is InChI=1S/C19H20ClF3N4O3S/c1-12(28)25-14-2-4-16(5-3-14)31(29,30)27-8-6-15(7-9-27)26-18-17(20)10-13(11-24-18)19(21,22)23/h2-5,10-11,15H,6-9H2,1H3,(H,24,26)(H,25,28). The zero-order valence-corrected chi connectivity index (χ0v) is 18.0. The first-order valence-corrected chi connectivity index (χ1v) is 11.2. The average molecular weight is 477 g/mol. The minimum absolute atomic E-state index is 0.112. The molecule has 0 saturated carbocycles. The molecule has 0 aliphatic carbocycles. The Labute approximate surface area is 182 Å². The predicted octanol–water partition coefficient (Wildman–Crippen LogP) is 3.98. The molecular weight excluding hydrogens is 457 g/mol. The summed E-state index contributed by atoms with van der Waals surface area (Å²) in [4.78, 5) is 14.9. The van der Waals surface area contributed by atoms with Crippen molar-refractivity contribution >= 4 is 39.0 Å². The van der Waals surface area contributed by atoms with Crippen LogP contribution in [0.25, 0.3) is 0 Å². The number of aromatic nitrogens is 1. The number of benzene rings is 1. The lowest BCUT2D eigenvalue weighted by molar-refractivity contribution is -0.137. The molecule has 0 spiro atoms. The normalized spacial score (nSPS) is 16.2. The number of anilines is 2. The molecule has 0 atom stereocenters. The van der Waals surface area contributed by atoms with Crippen LogP contribution in [0.4, 0.5) is 24.7 Å². The van der Waals surface area contributed by atoms with Crippen molar-refractivity contribution in [2.45, 2.75) is 36.9 Å². The number of sulfonamides is 1. The zero-order chi connectivity index (χ0) is 22.8. The molecule has 1 aromatic heterocycles. The summed E-state index contributed by atoms with van der Waals surface area (Å²) in [5.41, 5.74) is -0.441. The van der Waals surface area contributed by atoms with Gasteiger partial charge in [0.15, 0.2) is 0 Å². The van der Waals surface area contributed by atoms with Gasteiger partial charge in [0.25, 0.3) is 0 Å². The Balaban J connectivity index is 1.62. The molecule has 1 amide bonds. The number of pyridine rings is 1. The van der Waals surface area contributed by atoms with Gasteiger partial charge >= 0.3 is 6.18 Å². The summed E-state index contributed by atoms with van der Waals surface area (Å²) in [5.74, 6) is -0.127. The van der Waals surface area contributed by atoms with Gasteiger partial charge < -0.3 is 10.6 Å². The highest BCUT2D eigenvalue weighted by molar-refractivity contribution is 7.89. The van der Waals surface area contributed by atoms with E-state index in [0.717, 1.165) is 6.07 Å². The highest BCUT2D eigenvalue weighted by Gasteiger charge is 2.33. The first-order chi connectivity index (χ1) is 14.5. The number of hydrogen-bond donors (Lipinski definition) is 2. The van der Waals surface area contributed by atoms with Crippen molar-refractivity contribution in [2.24, 2.45) is 0 Å². The fraction of sp³-hybridized carbons (Fsp3) is 0.368. The number of amides is 1. The Hall–Kier alpha value is -2.37. The summed E-state index contributed by atoms with van der Waals surface area (Å²) in [6.45, 7) is 1.81. The van der Waals surface area contributed by atoms with Crippen LogP contribution in [0, 0.1) is 0 Å². The largest absolute Gasteiger partial charge is 0.417 e. The topological polar surface area (TPSA) is 91.4 Å². The fourth-order valence-electron chi connectivity index (χ4n) is 3.20. The maximum Gasteiger partial charge on any atom is 0.417 e. The Bertz CT molecular complexity index is 1050. The van der Waals surface area contributed by atoms with E-state index in [9.17, 15) is 26.4 Å². The van der Waals surface area contributed by atoms with E-state index in [2.05, 4.69) is 15.6 Å². The molecule has 7 nitrogen and oxygen atoms in total. The molecule has 0 unspecified atom stereocenters. The third-order valence-electron chi connectivity index (χ3n) is 4.78. The fourth-order valence-corrected chi connectivity index (χ4v) is 4.89. The number of alkyl halides is 3. The van der Waals surface area contributed by atoms with Crippen molar-refractivity contribution in [2.75, 3.05) is 23.7 Å². The van der Waals surface area contributed by atoms with Crippen molar-refractivity contribution in [1.29, 1.82) is 0 Å². The van der Waals surface area contributed by atoms with E-state index in [4.69, 9.17) is 11.6 Å². The number of halogens is 4. The van der Waals surface area contributed by atoms with Crippen LogP contribution in [-0.4, -0.2) is 42.7 Å². The van der Waals surface area contributed by atoms with E-state index in [0.29, 0.717) is 24.7 Å². The Morgan fingerprint density at radius 1 is 1.19 bits per heavy atom. The molecule has 2 heterocycles. The summed E-state index contributed by atoms with van der Waals surface area (Å²) < 4.78 is 65.2. The SMILES string of the molecule is CC(=O)Nc1ccc(S(=O)(=O)N2CCC(Nc3ncc(C(F)(F)F)cc3Cl)CC2)cc1. The molecule has 1 aromatic carbocycles. The van der Waals surface area contributed by atoms with E-state index in [1.165, 1.54) is 35.5 Å². The minimum Gasteiger partial charge on any atom is -0.366 e. The van der Waals surface area contributed by atoms with Crippen LogP contribution in [-0.2, 0) is 21.0 Å². The van der Waals surface area contributed by atoms with E-state index < -0.39 is 21.8 Å². The van der Waals surface area contributed by atoms with Gasteiger partial charge in [0.1, 0.15) is 5.82 Å². The van der Waals surface area contributed by atoms with Gasteiger partial charge in [0, 0.05) is 37.9 Å². The van der Waals surface area contributed by atoms with Crippen molar-refractivity contribution in [1.82, 2.24) is 9.29 Å². The Kier molecular flexibility index (Phi) is 6.77. The van der Waals surface area contributed by atoms with Crippen molar-refractivity contribution in [3.05, 3.63) is 47.1 Å². The van der Waals surface area contributed by atoms with Gasteiger partial charge in [-0.25, -0.2) is 13.4 Å². The Morgan fingerprint density at radius 2 is 1.81 bits per heavy atom. The molecule has 3 rings (SSSR count). The molecule has 1 aliphatic rings. The maximum atomic E-state index is 12.8. The monoisotopic (exact) mass is 476 g/mol. The van der Waals surface area contributed by atoms with Gasteiger partial charge in [-0.15, -0.1) is 0 Å². The highest BCUT2D eigenvalue weighted by atomic mass is 35.5. The van der Waals surface area contributed by atoms with Crippen LogP contribution in [0.5, 0.6) is 0 Å². The van der Waals surface area contributed by atoms with E-state index in [-0.39, 0.29) is 40.8 Å². The van der Waals surface area contributed by atoms with Gasteiger partial charge in [-0.1, -0.05) is 11.6 Å². The van der Waals surface area contributed by atoms with Gasteiger partial charge in [-0.2, -0.15) is 17.5 Å². The van der Waals surface area contributed by atoms with Crippen molar-refractivity contribution < 1.29 is 26.4 Å². The lowest BCUT2D eigenvalue weighted by Crippen LogP contribution is -2.42. The average Bonchev–Trinajstić information content (AvgIpc) is 2.69. The number of rotatable bonds is 5. The van der Waals surface area contributed by atoms with Crippen LogP contribution in [0.2, 0.25) is 5.02 Å². The van der Waals surface area contributed by atoms with Gasteiger partial charge in [0.2, 0.25) is 15.9 Å².